The highest BCUT2D eigenvalue weighted by Gasteiger charge is 2.24. The van der Waals surface area contributed by atoms with E-state index in [1.807, 2.05) is 19.2 Å². The molecule has 1 aromatic carbocycles. The molecule has 0 bridgehead atoms. The quantitative estimate of drug-likeness (QED) is 0.912. The van der Waals surface area contributed by atoms with Crippen molar-refractivity contribution in [2.75, 3.05) is 31.1 Å². The number of aromatic carboxylic acids is 1. The number of carbonyl (C=O) groups excluding carboxylic acids is 1. The number of benzene rings is 1. The van der Waals surface area contributed by atoms with E-state index in [2.05, 4.69) is 9.88 Å². The van der Waals surface area contributed by atoms with Crippen molar-refractivity contribution in [1.82, 2.24) is 9.88 Å². The zero-order valence-corrected chi connectivity index (χ0v) is 14.5. The van der Waals surface area contributed by atoms with Crippen LogP contribution >= 0.6 is 11.6 Å². The van der Waals surface area contributed by atoms with Crippen molar-refractivity contribution in [3.05, 3.63) is 58.4 Å². The number of carbonyl (C=O) groups is 2. The highest BCUT2D eigenvalue weighted by molar-refractivity contribution is 6.33. The number of nitrogens with zero attached hydrogens (tertiary/aromatic N) is 3. The van der Waals surface area contributed by atoms with E-state index < -0.39 is 5.97 Å². The smallest absolute Gasteiger partial charge is 0.337 e. The van der Waals surface area contributed by atoms with Crippen LogP contribution in [0.2, 0.25) is 5.02 Å². The SMILES string of the molecule is Cc1ccncc1N1CCN(C(=O)c2ccc(Cl)c(C(=O)O)c2)CC1. The van der Waals surface area contributed by atoms with Gasteiger partial charge in [0.05, 0.1) is 22.5 Å². The van der Waals surface area contributed by atoms with Crippen molar-refractivity contribution in [3.8, 4) is 0 Å². The number of hydrogen-bond acceptors (Lipinski definition) is 4. The minimum atomic E-state index is -1.14. The molecular formula is C18H18ClN3O3. The Labute approximate surface area is 150 Å². The Morgan fingerprint density at radius 1 is 1.16 bits per heavy atom. The molecule has 1 aliphatic rings. The Kier molecular flexibility index (Phi) is 4.90. The molecule has 7 heteroatoms. The maximum absolute atomic E-state index is 12.7. The third-order valence-corrected chi connectivity index (χ3v) is 4.69. The number of aryl methyl sites for hydroxylation is 1. The van der Waals surface area contributed by atoms with Crippen LogP contribution in [0.15, 0.2) is 36.7 Å². The number of aromatic nitrogens is 1. The summed E-state index contributed by atoms with van der Waals surface area (Å²) in [5.41, 5.74) is 2.51. The predicted molar refractivity (Wildman–Crippen MR) is 95.5 cm³/mol. The Balaban J connectivity index is 1.71. The van der Waals surface area contributed by atoms with Gasteiger partial charge in [-0.25, -0.2) is 4.79 Å². The van der Waals surface area contributed by atoms with Gasteiger partial charge in [0, 0.05) is 37.9 Å². The molecule has 0 spiro atoms. The second-order valence-corrected chi connectivity index (χ2v) is 6.35. The lowest BCUT2D eigenvalue weighted by molar-refractivity contribution is 0.0697. The fourth-order valence-electron chi connectivity index (χ4n) is 2.94. The van der Waals surface area contributed by atoms with E-state index in [-0.39, 0.29) is 16.5 Å². The Hall–Kier alpha value is -2.60. The first-order chi connectivity index (χ1) is 12.0. The molecule has 1 saturated heterocycles. The topological polar surface area (TPSA) is 73.7 Å². The van der Waals surface area contributed by atoms with Gasteiger partial charge in [-0.05, 0) is 36.8 Å². The third-order valence-electron chi connectivity index (χ3n) is 4.36. The van der Waals surface area contributed by atoms with Crippen molar-refractivity contribution in [1.29, 1.82) is 0 Å². The zero-order chi connectivity index (χ0) is 18.0. The summed E-state index contributed by atoms with van der Waals surface area (Å²) in [7, 11) is 0. The van der Waals surface area contributed by atoms with E-state index in [1.165, 1.54) is 12.1 Å². The molecule has 1 fully saturated rings. The number of rotatable bonds is 3. The van der Waals surface area contributed by atoms with E-state index in [0.717, 1.165) is 11.3 Å². The number of amides is 1. The van der Waals surface area contributed by atoms with Crippen molar-refractivity contribution in [2.45, 2.75) is 6.92 Å². The third kappa shape index (κ3) is 3.58. The fraction of sp³-hybridized carbons (Fsp3) is 0.278. The summed E-state index contributed by atoms with van der Waals surface area (Å²) in [5, 5.41) is 9.27. The molecule has 25 heavy (non-hydrogen) atoms. The normalized spacial score (nSPS) is 14.5. The number of piperazine rings is 1. The maximum Gasteiger partial charge on any atom is 0.337 e. The Bertz CT molecular complexity index is 817. The molecule has 130 valence electrons. The Morgan fingerprint density at radius 2 is 1.88 bits per heavy atom. The number of halogens is 1. The fourth-order valence-corrected chi connectivity index (χ4v) is 3.14. The summed E-state index contributed by atoms with van der Waals surface area (Å²) in [4.78, 5) is 31.9. The monoisotopic (exact) mass is 359 g/mol. The molecule has 2 aromatic rings. The first kappa shape index (κ1) is 17.2. The molecule has 0 atom stereocenters. The molecule has 2 heterocycles. The van der Waals surface area contributed by atoms with E-state index in [9.17, 15) is 9.59 Å². The molecule has 1 aromatic heterocycles. The molecule has 6 nitrogen and oxygen atoms in total. The van der Waals surface area contributed by atoms with Gasteiger partial charge in [-0.1, -0.05) is 11.6 Å². The van der Waals surface area contributed by atoms with Crippen LogP contribution in [0.25, 0.3) is 0 Å². The standard InChI is InChI=1S/C18H18ClN3O3/c1-12-4-5-20-11-16(12)21-6-8-22(9-7-21)17(23)13-2-3-15(19)14(10-13)18(24)25/h2-5,10-11H,6-9H2,1H3,(H,24,25). The van der Waals surface area contributed by atoms with Gasteiger partial charge in [-0.2, -0.15) is 0 Å². The average Bonchev–Trinajstić information content (AvgIpc) is 2.62. The van der Waals surface area contributed by atoms with Crippen LogP contribution in [-0.2, 0) is 0 Å². The number of hydrogen-bond donors (Lipinski definition) is 1. The molecule has 3 rings (SSSR count). The lowest BCUT2D eigenvalue weighted by Gasteiger charge is -2.36. The second-order valence-electron chi connectivity index (χ2n) is 5.94. The van der Waals surface area contributed by atoms with Crippen LogP contribution in [0.4, 0.5) is 5.69 Å². The minimum Gasteiger partial charge on any atom is -0.478 e. The first-order valence-corrected chi connectivity index (χ1v) is 8.33. The van der Waals surface area contributed by atoms with Gasteiger partial charge in [0.2, 0.25) is 0 Å². The molecule has 1 aliphatic heterocycles. The van der Waals surface area contributed by atoms with Crippen molar-refractivity contribution in [3.63, 3.8) is 0 Å². The molecule has 0 aliphatic carbocycles. The zero-order valence-electron chi connectivity index (χ0n) is 13.8. The Morgan fingerprint density at radius 3 is 2.52 bits per heavy atom. The average molecular weight is 360 g/mol. The first-order valence-electron chi connectivity index (χ1n) is 7.95. The highest BCUT2D eigenvalue weighted by Crippen LogP contribution is 2.22. The summed E-state index contributed by atoms with van der Waals surface area (Å²) in [6.07, 6.45) is 3.60. The van der Waals surface area contributed by atoms with Gasteiger partial charge in [-0.15, -0.1) is 0 Å². The number of pyridine rings is 1. The number of anilines is 1. The van der Waals surface area contributed by atoms with Crippen LogP contribution in [0.3, 0.4) is 0 Å². The molecule has 1 N–H and O–H groups in total. The summed E-state index contributed by atoms with van der Waals surface area (Å²) < 4.78 is 0. The van der Waals surface area contributed by atoms with Crippen LogP contribution in [0, 0.1) is 6.92 Å². The van der Waals surface area contributed by atoms with Gasteiger partial charge < -0.3 is 14.9 Å². The molecule has 1 amide bonds. The second kappa shape index (κ2) is 7.11. The van der Waals surface area contributed by atoms with Crippen molar-refractivity contribution in [2.24, 2.45) is 0 Å². The van der Waals surface area contributed by atoms with Gasteiger partial charge >= 0.3 is 5.97 Å². The van der Waals surface area contributed by atoms with E-state index in [0.29, 0.717) is 31.7 Å². The van der Waals surface area contributed by atoms with Crippen LogP contribution < -0.4 is 4.90 Å². The van der Waals surface area contributed by atoms with E-state index in [1.54, 1.807) is 17.2 Å². The highest BCUT2D eigenvalue weighted by atomic mass is 35.5. The maximum atomic E-state index is 12.7. The van der Waals surface area contributed by atoms with Crippen molar-refractivity contribution >= 4 is 29.2 Å². The predicted octanol–water partition coefficient (Wildman–Crippen LogP) is 2.70. The van der Waals surface area contributed by atoms with Crippen LogP contribution in [0.5, 0.6) is 0 Å². The minimum absolute atomic E-state index is 0.0582. The van der Waals surface area contributed by atoms with Crippen LogP contribution in [0.1, 0.15) is 26.3 Å². The summed E-state index contributed by atoms with van der Waals surface area (Å²) in [6.45, 7) is 4.58. The number of carboxylic acids is 1. The van der Waals surface area contributed by atoms with Gasteiger partial charge in [-0.3, -0.25) is 9.78 Å². The largest absolute Gasteiger partial charge is 0.478 e. The van der Waals surface area contributed by atoms with Gasteiger partial charge in [0.15, 0.2) is 0 Å². The molecule has 0 radical (unpaired) electrons. The van der Waals surface area contributed by atoms with Crippen LogP contribution in [-0.4, -0.2) is 53.0 Å². The number of carboxylic acid groups (broad SMARTS) is 1. The lowest BCUT2D eigenvalue weighted by Crippen LogP contribution is -2.49. The lowest BCUT2D eigenvalue weighted by atomic mass is 10.1. The summed E-state index contributed by atoms with van der Waals surface area (Å²) in [6, 6.07) is 6.32. The molecular weight excluding hydrogens is 342 g/mol. The van der Waals surface area contributed by atoms with E-state index in [4.69, 9.17) is 16.7 Å². The van der Waals surface area contributed by atoms with Gasteiger partial charge in [0.25, 0.3) is 5.91 Å². The van der Waals surface area contributed by atoms with E-state index >= 15 is 0 Å². The van der Waals surface area contributed by atoms with Crippen molar-refractivity contribution < 1.29 is 14.7 Å². The summed E-state index contributed by atoms with van der Waals surface area (Å²) in [5.74, 6) is -1.32. The summed E-state index contributed by atoms with van der Waals surface area (Å²) >= 11 is 5.87. The molecule has 0 saturated carbocycles. The molecule has 0 unspecified atom stereocenters. The van der Waals surface area contributed by atoms with Gasteiger partial charge in [0.1, 0.15) is 0 Å².